The molecule has 0 bridgehead atoms. The van der Waals surface area contributed by atoms with E-state index in [1.54, 1.807) is 11.3 Å². The van der Waals surface area contributed by atoms with Crippen LogP contribution in [-0.4, -0.2) is 29.8 Å². The summed E-state index contributed by atoms with van der Waals surface area (Å²) in [5, 5.41) is 12.1. The molecule has 1 aromatic heterocycles. The van der Waals surface area contributed by atoms with Gasteiger partial charge >= 0.3 is 12.1 Å². The number of aryl methyl sites for hydroxylation is 1. The lowest BCUT2D eigenvalue weighted by Crippen LogP contribution is -2.42. The van der Waals surface area contributed by atoms with Gasteiger partial charge in [0.25, 0.3) is 0 Å². The molecule has 160 valence electrons. The van der Waals surface area contributed by atoms with Gasteiger partial charge < -0.3 is 15.2 Å². The number of benzene rings is 2. The van der Waals surface area contributed by atoms with Crippen LogP contribution in [0.4, 0.5) is 4.79 Å². The number of carbonyl (C=O) groups is 2. The fourth-order valence-corrected chi connectivity index (χ4v) is 5.26. The Kier molecular flexibility index (Phi) is 6.37. The number of amides is 1. The standard InChI is InChI=1S/C25H25NO4S/c1-2-7-16-12-13-17(31-16)14-23(24(27)28)26-25(29)30-15-22-20-10-5-3-8-18(20)19-9-4-6-11-21(19)22/h3-6,8-13,22-23H,2,7,14-15H2,1H3,(H,26,29)(H,27,28). The molecule has 1 aliphatic carbocycles. The van der Waals surface area contributed by atoms with E-state index in [0.717, 1.165) is 40.0 Å². The van der Waals surface area contributed by atoms with Crippen LogP contribution in [0.3, 0.4) is 0 Å². The van der Waals surface area contributed by atoms with Crippen LogP contribution in [0.2, 0.25) is 0 Å². The van der Waals surface area contributed by atoms with Gasteiger partial charge in [0.05, 0.1) is 0 Å². The Balaban J connectivity index is 1.40. The lowest BCUT2D eigenvalue weighted by Gasteiger charge is -2.17. The van der Waals surface area contributed by atoms with Crippen molar-refractivity contribution in [1.82, 2.24) is 5.32 Å². The van der Waals surface area contributed by atoms with Crippen LogP contribution in [0.25, 0.3) is 11.1 Å². The Hall–Kier alpha value is -3.12. The average molecular weight is 436 g/mol. The molecule has 0 saturated heterocycles. The van der Waals surface area contributed by atoms with Crippen LogP contribution in [0.1, 0.15) is 40.1 Å². The lowest BCUT2D eigenvalue weighted by molar-refractivity contribution is -0.139. The summed E-state index contributed by atoms with van der Waals surface area (Å²) < 4.78 is 5.49. The highest BCUT2D eigenvalue weighted by Crippen LogP contribution is 2.44. The first-order chi connectivity index (χ1) is 15.1. The predicted molar refractivity (Wildman–Crippen MR) is 122 cm³/mol. The van der Waals surface area contributed by atoms with E-state index in [2.05, 4.69) is 24.4 Å². The zero-order valence-corrected chi connectivity index (χ0v) is 18.2. The maximum absolute atomic E-state index is 12.4. The molecule has 0 spiro atoms. The highest BCUT2D eigenvalue weighted by molar-refractivity contribution is 7.12. The third kappa shape index (κ3) is 4.64. The Morgan fingerprint density at radius 3 is 2.23 bits per heavy atom. The van der Waals surface area contributed by atoms with Crippen molar-refractivity contribution in [3.63, 3.8) is 0 Å². The second-order valence-corrected chi connectivity index (χ2v) is 8.94. The quantitative estimate of drug-likeness (QED) is 0.508. The van der Waals surface area contributed by atoms with Gasteiger partial charge in [-0.3, -0.25) is 0 Å². The molecule has 6 heteroatoms. The van der Waals surface area contributed by atoms with E-state index in [-0.39, 0.29) is 18.9 Å². The monoisotopic (exact) mass is 435 g/mol. The molecule has 31 heavy (non-hydrogen) atoms. The summed E-state index contributed by atoms with van der Waals surface area (Å²) in [7, 11) is 0. The van der Waals surface area contributed by atoms with Gasteiger partial charge in [0.2, 0.25) is 0 Å². The number of nitrogens with one attached hydrogen (secondary N) is 1. The van der Waals surface area contributed by atoms with Crippen LogP contribution >= 0.6 is 11.3 Å². The highest BCUT2D eigenvalue weighted by Gasteiger charge is 2.29. The third-order valence-electron chi connectivity index (χ3n) is 5.55. The number of carboxylic acids is 1. The van der Waals surface area contributed by atoms with E-state index in [0.29, 0.717) is 0 Å². The largest absolute Gasteiger partial charge is 0.480 e. The molecule has 0 radical (unpaired) electrons. The Labute approximate surface area is 185 Å². The van der Waals surface area contributed by atoms with E-state index in [9.17, 15) is 14.7 Å². The zero-order valence-electron chi connectivity index (χ0n) is 17.3. The minimum absolute atomic E-state index is 0.0599. The van der Waals surface area contributed by atoms with E-state index in [4.69, 9.17) is 4.74 Å². The van der Waals surface area contributed by atoms with Gasteiger partial charge in [-0.2, -0.15) is 0 Å². The van der Waals surface area contributed by atoms with Crippen LogP contribution in [0, 0.1) is 0 Å². The highest BCUT2D eigenvalue weighted by atomic mass is 32.1. The first kappa shape index (κ1) is 21.1. The predicted octanol–water partition coefficient (Wildman–Crippen LogP) is 5.24. The summed E-state index contributed by atoms with van der Waals surface area (Å²) in [6.45, 7) is 2.27. The smallest absolute Gasteiger partial charge is 0.407 e. The minimum Gasteiger partial charge on any atom is -0.480 e. The molecule has 0 aliphatic heterocycles. The van der Waals surface area contributed by atoms with Gasteiger partial charge in [-0.05, 0) is 40.8 Å². The topological polar surface area (TPSA) is 75.6 Å². The Morgan fingerprint density at radius 1 is 1.00 bits per heavy atom. The Bertz CT molecular complexity index is 1040. The van der Waals surface area contributed by atoms with Crippen molar-refractivity contribution in [1.29, 1.82) is 0 Å². The summed E-state index contributed by atoms with van der Waals surface area (Å²) in [5.41, 5.74) is 4.54. The van der Waals surface area contributed by atoms with Crippen molar-refractivity contribution in [2.75, 3.05) is 6.61 Å². The maximum atomic E-state index is 12.4. The van der Waals surface area contributed by atoms with Crippen LogP contribution in [0.5, 0.6) is 0 Å². The van der Waals surface area contributed by atoms with Crippen LogP contribution in [-0.2, 0) is 22.4 Å². The number of hydrogen-bond acceptors (Lipinski definition) is 4. The fourth-order valence-electron chi connectivity index (χ4n) is 4.10. The van der Waals surface area contributed by atoms with E-state index >= 15 is 0 Å². The number of thiophene rings is 1. The number of hydrogen-bond donors (Lipinski definition) is 2. The molecular formula is C25H25NO4S. The van der Waals surface area contributed by atoms with Crippen molar-refractivity contribution in [2.24, 2.45) is 0 Å². The number of alkyl carbamates (subject to hydrolysis) is 1. The summed E-state index contributed by atoms with van der Waals surface area (Å²) in [4.78, 5) is 26.3. The van der Waals surface area contributed by atoms with E-state index in [1.165, 1.54) is 4.88 Å². The number of fused-ring (bicyclic) bond motifs is 3. The molecule has 4 rings (SSSR count). The second kappa shape index (κ2) is 9.35. The molecule has 2 N–H and O–H groups in total. The van der Waals surface area contributed by atoms with Crippen molar-refractivity contribution < 1.29 is 19.4 Å². The van der Waals surface area contributed by atoms with Gasteiger partial charge in [0, 0.05) is 22.1 Å². The molecule has 2 aromatic carbocycles. The number of ether oxygens (including phenoxy) is 1. The molecule has 1 unspecified atom stereocenters. The first-order valence-corrected chi connectivity index (χ1v) is 11.3. The summed E-state index contributed by atoms with van der Waals surface area (Å²) in [6, 6.07) is 19.1. The molecular weight excluding hydrogens is 410 g/mol. The summed E-state index contributed by atoms with van der Waals surface area (Å²) in [5.74, 6) is -1.13. The van der Waals surface area contributed by atoms with Crippen molar-refractivity contribution >= 4 is 23.4 Å². The van der Waals surface area contributed by atoms with E-state index in [1.807, 2.05) is 48.5 Å². The van der Waals surface area contributed by atoms with Gasteiger partial charge in [-0.1, -0.05) is 61.9 Å². The van der Waals surface area contributed by atoms with Gasteiger partial charge in [0.1, 0.15) is 12.6 Å². The minimum atomic E-state index is -1.07. The SMILES string of the molecule is CCCc1ccc(CC(NC(=O)OCC2c3ccccc3-c3ccccc32)C(=O)O)s1. The molecule has 3 aromatic rings. The molecule has 1 heterocycles. The summed E-state index contributed by atoms with van der Waals surface area (Å²) in [6.07, 6.45) is 1.55. The lowest BCUT2D eigenvalue weighted by atomic mass is 9.98. The average Bonchev–Trinajstić information content (AvgIpc) is 3.34. The van der Waals surface area contributed by atoms with Gasteiger partial charge in [-0.15, -0.1) is 11.3 Å². The second-order valence-electron chi connectivity index (χ2n) is 7.68. The van der Waals surface area contributed by atoms with Crippen LogP contribution < -0.4 is 5.32 Å². The Morgan fingerprint density at radius 2 is 1.61 bits per heavy atom. The number of carboxylic acid groups (broad SMARTS) is 1. The molecule has 0 saturated carbocycles. The molecule has 1 atom stereocenters. The van der Waals surface area contributed by atoms with Gasteiger partial charge in [-0.25, -0.2) is 9.59 Å². The molecule has 1 aliphatic rings. The van der Waals surface area contributed by atoms with Crippen molar-refractivity contribution in [3.8, 4) is 11.1 Å². The number of carbonyl (C=O) groups excluding carboxylic acids is 1. The van der Waals surface area contributed by atoms with E-state index < -0.39 is 18.1 Å². The van der Waals surface area contributed by atoms with Crippen LogP contribution in [0.15, 0.2) is 60.7 Å². The maximum Gasteiger partial charge on any atom is 0.407 e. The molecule has 1 amide bonds. The number of rotatable bonds is 8. The third-order valence-corrected chi connectivity index (χ3v) is 6.72. The van der Waals surface area contributed by atoms with Crippen molar-refractivity contribution in [3.05, 3.63) is 81.5 Å². The molecule has 5 nitrogen and oxygen atoms in total. The summed E-state index contributed by atoms with van der Waals surface area (Å²) >= 11 is 1.59. The number of aliphatic carboxylic acids is 1. The van der Waals surface area contributed by atoms with Gasteiger partial charge in [0.15, 0.2) is 0 Å². The molecule has 0 fully saturated rings. The normalized spacial score (nSPS) is 13.3. The fraction of sp³-hybridized carbons (Fsp3) is 0.280. The zero-order chi connectivity index (χ0) is 21.8. The van der Waals surface area contributed by atoms with Crippen molar-refractivity contribution in [2.45, 2.75) is 38.1 Å². The first-order valence-electron chi connectivity index (χ1n) is 10.5.